The minimum atomic E-state index is -0.466. The molecule has 1 aliphatic heterocycles. The predicted molar refractivity (Wildman–Crippen MR) is 127 cm³/mol. The molecule has 3 aromatic rings. The molecule has 10 heteroatoms. The number of non-ortho nitro benzene ring substituents is 1. The average molecular weight is 517 g/mol. The topological polar surface area (TPSA) is 85.8 Å². The summed E-state index contributed by atoms with van der Waals surface area (Å²) >= 11 is 9.93. The van der Waals surface area contributed by atoms with Crippen LogP contribution in [0.1, 0.15) is 5.76 Å². The summed E-state index contributed by atoms with van der Waals surface area (Å²) in [5.41, 5.74) is 1.21. The van der Waals surface area contributed by atoms with Crippen LogP contribution in [0.25, 0.3) is 17.4 Å². The van der Waals surface area contributed by atoms with Crippen molar-refractivity contribution in [3.63, 3.8) is 0 Å². The van der Waals surface area contributed by atoms with Crippen LogP contribution >= 0.6 is 39.9 Å². The van der Waals surface area contributed by atoms with Gasteiger partial charge in [0.05, 0.1) is 22.6 Å². The third-order valence-electron chi connectivity index (χ3n) is 4.45. The first-order valence-corrected chi connectivity index (χ1v) is 10.9. The first-order valence-electron chi connectivity index (χ1n) is 8.84. The molecule has 0 N–H and O–H groups in total. The van der Waals surface area contributed by atoms with Gasteiger partial charge in [-0.1, -0.05) is 36.1 Å². The molecule has 1 fully saturated rings. The second-order valence-corrected chi connectivity index (χ2v) is 8.84. The molecular formula is C21H13BrN2O5S2. The van der Waals surface area contributed by atoms with Crippen molar-refractivity contribution >= 4 is 67.6 Å². The number of amides is 1. The van der Waals surface area contributed by atoms with E-state index in [-0.39, 0.29) is 11.6 Å². The minimum Gasteiger partial charge on any atom is -0.495 e. The van der Waals surface area contributed by atoms with E-state index in [2.05, 4.69) is 15.9 Å². The van der Waals surface area contributed by atoms with Gasteiger partial charge in [-0.25, -0.2) is 0 Å². The lowest BCUT2D eigenvalue weighted by atomic mass is 10.1. The lowest BCUT2D eigenvalue weighted by Gasteiger charge is -2.17. The van der Waals surface area contributed by atoms with Crippen molar-refractivity contribution < 1.29 is 18.9 Å². The number of nitrogens with zero attached hydrogens (tertiary/aromatic N) is 2. The summed E-state index contributed by atoms with van der Waals surface area (Å²) in [6.07, 6.45) is 1.62. The summed E-state index contributed by atoms with van der Waals surface area (Å²) in [6, 6.07) is 15.0. The van der Waals surface area contributed by atoms with Crippen molar-refractivity contribution in [2.45, 2.75) is 0 Å². The van der Waals surface area contributed by atoms with Crippen LogP contribution in [0.5, 0.6) is 5.75 Å². The van der Waals surface area contributed by atoms with Gasteiger partial charge in [0.2, 0.25) is 0 Å². The van der Waals surface area contributed by atoms with Crippen LogP contribution in [0.3, 0.4) is 0 Å². The average Bonchev–Trinajstić information content (AvgIpc) is 3.32. The normalized spacial score (nSPS) is 15.0. The fourth-order valence-corrected chi connectivity index (χ4v) is 4.84. The second-order valence-electron chi connectivity index (χ2n) is 6.31. The number of rotatable bonds is 5. The number of nitro benzene ring substituents is 1. The quantitative estimate of drug-likeness (QED) is 0.177. The molecule has 0 aliphatic carbocycles. The number of thioether (sulfide) groups is 1. The molecule has 2 aromatic carbocycles. The molecule has 0 atom stereocenters. The number of carbonyl (C=O) groups is 1. The van der Waals surface area contributed by atoms with Gasteiger partial charge in [-0.05, 0) is 46.3 Å². The highest BCUT2D eigenvalue weighted by molar-refractivity contribution is 9.10. The maximum atomic E-state index is 13.0. The summed E-state index contributed by atoms with van der Waals surface area (Å²) in [7, 11) is 1.53. The Balaban J connectivity index is 1.62. The van der Waals surface area contributed by atoms with Crippen LogP contribution in [-0.4, -0.2) is 22.3 Å². The highest BCUT2D eigenvalue weighted by Crippen LogP contribution is 2.40. The number of anilines is 1. The molecule has 0 spiro atoms. The van der Waals surface area contributed by atoms with Gasteiger partial charge in [-0.3, -0.25) is 19.8 Å². The number of halogens is 1. The molecule has 1 saturated heterocycles. The third kappa shape index (κ3) is 4.14. The number of hydrogen-bond acceptors (Lipinski definition) is 7. The number of benzene rings is 2. The Bertz CT molecular complexity index is 1250. The maximum absolute atomic E-state index is 13.0. The Labute approximate surface area is 195 Å². The highest BCUT2D eigenvalue weighted by atomic mass is 79.9. The smallest absolute Gasteiger partial charge is 0.271 e. The summed E-state index contributed by atoms with van der Waals surface area (Å²) in [6.45, 7) is 0. The standard InChI is InChI=1S/C21H13BrN2O5S2/c1-28-18-5-3-2-4-16(18)23-20(25)19(31-21(23)30)11-13-7-9-17(29-13)14-8-6-12(24(26)27)10-15(14)22/h2-11H,1H3/b19-11+. The van der Waals surface area contributed by atoms with Gasteiger partial charge in [-0.15, -0.1) is 0 Å². The number of carbonyl (C=O) groups excluding carboxylic acids is 1. The summed E-state index contributed by atoms with van der Waals surface area (Å²) < 4.78 is 12.1. The van der Waals surface area contributed by atoms with Crippen LogP contribution in [0.15, 0.2) is 68.4 Å². The van der Waals surface area contributed by atoms with Crippen molar-refractivity contribution in [1.82, 2.24) is 0 Å². The molecule has 7 nitrogen and oxygen atoms in total. The molecule has 0 bridgehead atoms. The molecule has 31 heavy (non-hydrogen) atoms. The monoisotopic (exact) mass is 516 g/mol. The van der Waals surface area contributed by atoms with E-state index < -0.39 is 4.92 Å². The van der Waals surface area contributed by atoms with E-state index in [1.54, 1.807) is 42.5 Å². The van der Waals surface area contributed by atoms with Gasteiger partial charge >= 0.3 is 0 Å². The minimum absolute atomic E-state index is 0.0255. The van der Waals surface area contributed by atoms with Crippen molar-refractivity contribution in [3.8, 4) is 17.1 Å². The number of furan rings is 1. The number of ether oxygens (including phenoxy) is 1. The van der Waals surface area contributed by atoms with Crippen LogP contribution in [0, 0.1) is 10.1 Å². The van der Waals surface area contributed by atoms with E-state index in [0.29, 0.717) is 42.2 Å². The Hall–Kier alpha value is -2.95. The predicted octanol–water partition coefficient (Wildman–Crippen LogP) is 6.03. The van der Waals surface area contributed by atoms with E-state index in [1.165, 1.54) is 35.9 Å². The van der Waals surface area contributed by atoms with Crippen LogP contribution in [-0.2, 0) is 4.79 Å². The molecule has 0 radical (unpaired) electrons. The second kappa shape index (κ2) is 8.66. The van der Waals surface area contributed by atoms with Gasteiger partial charge in [0.1, 0.15) is 17.3 Å². The third-order valence-corrected chi connectivity index (χ3v) is 6.41. The van der Waals surface area contributed by atoms with E-state index in [0.717, 1.165) is 0 Å². The summed E-state index contributed by atoms with van der Waals surface area (Å²) in [4.78, 5) is 25.3. The molecule has 156 valence electrons. The zero-order valence-corrected chi connectivity index (χ0v) is 19.1. The van der Waals surface area contributed by atoms with E-state index in [4.69, 9.17) is 21.4 Å². The largest absolute Gasteiger partial charge is 0.495 e. The highest BCUT2D eigenvalue weighted by Gasteiger charge is 2.35. The van der Waals surface area contributed by atoms with Crippen molar-refractivity contribution in [1.29, 1.82) is 0 Å². The van der Waals surface area contributed by atoms with Gasteiger partial charge in [0.25, 0.3) is 11.6 Å². The molecule has 1 amide bonds. The molecule has 1 aromatic heterocycles. The molecule has 1 aliphatic rings. The first-order chi connectivity index (χ1) is 14.9. The van der Waals surface area contributed by atoms with Gasteiger partial charge in [0, 0.05) is 28.2 Å². The fourth-order valence-electron chi connectivity index (χ4n) is 3.01. The van der Waals surface area contributed by atoms with Gasteiger partial charge in [0.15, 0.2) is 4.32 Å². The van der Waals surface area contributed by atoms with E-state index in [1.807, 2.05) is 6.07 Å². The molecule has 0 unspecified atom stereocenters. The molecule has 2 heterocycles. The fraction of sp³-hybridized carbons (Fsp3) is 0.0476. The maximum Gasteiger partial charge on any atom is 0.271 e. The van der Waals surface area contributed by atoms with Crippen LogP contribution < -0.4 is 9.64 Å². The zero-order valence-electron chi connectivity index (χ0n) is 15.9. The van der Waals surface area contributed by atoms with Gasteiger partial charge < -0.3 is 9.15 Å². The van der Waals surface area contributed by atoms with Crippen molar-refractivity contribution in [2.75, 3.05) is 12.0 Å². The van der Waals surface area contributed by atoms with E-state index in [9.17, 15) is 14.9 Å². The molecular weight excluding hydrogens is 504 g/mol. The number of hydrogen-bond donors (Lipinski definition) is 0. The van der Waals surface area contributed by atoms with E-state index >= 15 is 0 Å². The number of thiocarbonyl (C=S) groups is 1. The molecule has 4 rings (SSSR count). The summed E-state index contributed by atoms with van der Waals surface area (Å²) in [5.74, 6) is 1.24. The van der Waals surface area contributed by atoms with Crippen LogP contribution in [0.2, 0.25) is 0 Å². The SMILES string of the molecule is COc1ccccc1N1C(=O)/C(=C\c2ccc(-c3ccc([N+](=O)[O-])cc3Br)o2)SC1=S. The van der Waals surface area contributed by atoms with Crippen molar-refractivity contribution in [2.24, 2.45) is 0 Å². The lowest BCUT2D eigenvalue weighted by Crippen LogP contribution is -2.27. The lowest BCUT2D eigenvalue weighted by molar-refractivity contribution is -0.384. The van der Waals surface area contributed by atoms with Gasteiger partial charge in [-0.2, -0.15) is 0 Å². The first kappa shape index (κ1) is 21.3. The Morgan fingerprint density at radius 3 is 2.71 bits per heavy atom. The van der Waals surface area contributed by atoms with Crippen molar-refractivity contribution in [3.05, 3.63) is 79.8 Å². The Kier molecular flexibility index (Phi) is 5.94. The Morgan fingerprint density at radius 2 is 2.00 bits per heavy atom. The zero-order chi connectivity index (χ0) is 22.1. The summed E-state index contributed by atoms with van der Waals surface area (Å²) in [5, 5.41) is 10.9. The van der Waals surface area contributed by atoms with Crippen LogP contribution in [0.4, 0.5) is 11.4 Å². The number of nitro groups is 1. The molecule has 0 saturated carbocycles. The number of para-hydroxylation sites is 2. The Morgan fingerprint density at radius 1 is 1.23 bits per heavy atom. The number of methoxy groups -OCH3 is 1.